The lowest BCUT2D eigenvalue weighted by molar-refractivity contribution is -0.126. The van der Waals surface area contributed by atoms with Crippen LogP contribution in [0, 0.1) is 23.7 Å². The third kappa shape index (κ3) is 1.35. The predicted molar refractivity (Wildman–Crippen MR) is 75.3 cm³/mol. The lowest BCUT2D eigenvalue weighted by Crippen LogP contribution is -2.26. The van der Waals surface area contributed by atoms with E-state index in [0.717, 1.165) is 0 Å². The van der Waals surface area contributed by atoms with Gasteiger partial charge in [-0.2, -0.15) is 0 Å². The predicted octanol–water partition coefficient (Wildman–Crippen LogP) is 2.16. The van der Waals surface area contributed by atoms with Crippen LogP contribution in [0.1, 0.15) is 12.5 Å². The molecule has 3 aliphatic rings. The van der Waals surface area contributed by atoms with Crippen LogP contribution in [-0.4, -0.2) is 11.8 Å². The van der Waals surface area contributed by atoms with Crippen LogP contribution in [0.3, 0.4) is 0 Å². The Morgan fingerprint density at radius 1 is 0.950 bits per heavy atom. The van der Waals surface area contributed by atoms with Gasteiger partial charge in [0.05, 0.1) is 11.8 Å². The number of imide groups is 1. The van der Waals surface area contributed by atoms with Crippen molar-refractivity contribution in [3.8, 4) is 0 Å². The normalized spacial score (nSPS) is 33.5. The van der Waals surface area contributed by atoms with Crippen molar-refractivity contribution in [2.24, 2.45) is 23.7 Å². The second-order valence-electron chi connectivity index (χ2n) is 5.79. The number of fused-ring (bicyclic) bond motifs is 5. The van der Waals surface area contributed by atoms with Gasteiger partial charge in [0.2, 0.25) is 11.8 Å². The van der Waals surface area contributed by atoms with Crippen LogP contribution in [0.5, 0.6) is 0 Å². The van der Waals surface area contributed by atoms with Gasteiger partial charge >= 0.3 is 0 Å². The molecule has 2 bridgehead atoms. The molecule has 2 aliphatic carbocycles. The molecule has 20 heavy (non-hydrogen) atoms. The highest BCUT2D eigenvalue weighted by molar-refractivity contribution is 6.07. The van der Waals surface area contributed by atoms with Gasteiger partial charge in [-0.05, 0) is 18.1 Å². The van der Waals surface area contributed by atoms with E-state index < -0.39 is 0 Å². The molecule has 3 heteroatoms. The highest BCUT2D eigenvalue weighted by Gasteiger charge is 2.58. The van der Waals surface area contributed by atoms with E-state index in [1.807, 2.05) is 18.2 Å². The molecule has 1 saturated carbocycles. The molecule has 100 valence electrons. The fourth-order valence-corrected chi connectivity index (χ4v) is 4.04. The summed E-state index contributed by atoms with van der Waals surface area (Å²) < 4.78 is 0. The van der Waals surface area contributed by atoms with Gasteiger partial charge in [-0.25, -0.2) is 0 Å². The zero-order chi connectivity index (χ0) is 13.9. The number of allylic oxidation sites excluding steroid dienone is 4. The van der Waals surface area contributed by atoms with E-state index in [-0.39, 0.29) is 35.5 Å². The van der Waals surface area contributed by atoms with Crippen LogP contribution < -0.4 is 5.32 Å². The molecular weight excluding hydrogens is 250 g/mol. The van der Waals surface area contributed by atoms with Gasteiger partial charge < -0.3 is 0 Å². The highest BCUT2D eigenvalue weighted by Crippen LogP contribution is 2.55. The van der Waals surface area contributed by atoms with Gasteiger partial charge in [-0.15, -0.1) is 0 Å². The number of hydrogen-bond acceptors (Lipinski definition) is 2. The minimum atomic E-state index is -0.189. The standard InChI is InChI=1S/C17H15NO2/c1-9(10-5-3-2-4-6-10)13-11-7-8-12(13)15-14(11)16(19)18-17(15)20/h2-8,11-12,14-15H,1H3,(H,18,19,20)/t11-,12-,14+,15+/m0/s1. The second kappa shape index (κ2) is 3.92. The summed E-state index contributed by atoms with van der Waals surface area (Å²) in [6.45, 7) is 2.10. The Labute approximate surface area is 117 Å². The number of hydrogen-bond donors (Lipinski definition) is 1. The first-order chi connectivity index (χ1) is 9.68. The molecule has 3 nitrogen and oxygen atoms in total. The summed E-state index contributed by atoms with van der Waals surface area (Å²) in [5, 5.41) is 2.48. The van der Waals surface area contributed by atoms with Crippen molar-refractivity contribution in [2.75, 3.05) is 0 Å². The summed E-state index contributed by atoms with van der Waals surface area (Å²) in [6.07, 6.45) is 4.21. The molecule has 4 rings (SSSR count). The SMILES string of the molecule is CC(=C1[C@@H]2C=C[C@@H]1[C@H]1C(=O)NC(=O)[C@@H]12)c1ccccc1. The van der Waals surface area contributed by atoms with Gasteiger partial charge in [0.1, 0.15) is 0 Å². The number of amides is 2. The monoisotopic (exact) mass is 265 g/mol. The van der Waals surface area contributed by atoms with Crippen molar-refractivity contribution in [3.63, 3.8) is 0 Å². The molecule has 0 aromatic heterocycles. The van der Waals surface area contributed by atoms with Gasteiger partial charge in [-0.1, -0.05) is 48.1 Å². The molecule has 4 atom stereocenters. The van der Waals surface area contributed by atoms with Crippen molar-refractivity contribution in [1.82, 2.24) is 5.32 Å². The maximum atomic E-state index is 12.0. The molecule has 0 unspecified atom stereocenters. The number of benzene rings is 1. The smallest absolute Gasteiger partial charge is 0.231 e. The summed E-state index contributed by atoms with van der Waals surface area (Å²) in [7, 11) is 0. The molecule has 1 aliphatic heterocycles. The number of carbonyl (C=O) groups excluding carboxylic acids is 2. The zero-order valence-electron chi connectivity index (χ0n) is 11.2. The van der Waals surface area contributed by atoms with Crippen molar-refractivity contribution in [1.29, 1.82) is 0 Å². The van der Waals surface area contributed by atoms with Gasteiger partial charge in [0, 0.05) is 11.8 Å². The molecule has 1 aromatic carbocycles. The summed E-state index contributed by atoms with van der Waals surface area (Å²) in [5.74, 6) is -0.393. The Hall–Kier alpha value is -2.16. The van der Waals surface area contributed by atoms with E-state index in [2.05, 4.69) is 36.5 Å². The van der Waals surface area contributed by atoms with Crippen LogP contribution in [0.15, 0.2) is 48.1 Å². The van der Waals surface area contributed by atoms with E-state index >= 15 is 0 Å². The fraction of sp³-hybridized carbons (Fsp3) is 0.294. The van der Waals surface area contributed by atoms with Gasteiger partial charge in [0.25, 0.3) is 0 Å². The molecule has 1 heterocycles. The van der Waals surface area contributed by atoms with Crippen LogP contribution in [0.2, 0.25) is 0 Å². The van der Waals surface area contributed by atoms with Crippen LogP contribution in [0.25, 0.3) is 5.57 Å². The maximum Gasteiger partial charge on any atom is 0.231 e. The largest absolute Gasteiger partial charge is 0.296 e. The first kappa shape index (κ1) is 11.6. The topological polar surface area (TPSA) is 46.2 Å². The molecule has 1 aromatic rings. The molecule has 2 amide bonds. The molecule has 1 saturated heterocycles. The summed E-state index contributed by atoms with van der Waals surface area (Å²) in [6, 6.07) is 10.2. The third-order valence-electron chi connectivity index (χ3n) is 4.90. The molecule has 0 spiro atoms. The quantitative estimate of drug-likeness (QED) is 0.625. The van der Waals surface area contributed by atoms with Gasteiger partial charge in [0.15, 0.2) is 0 Å². The third-order valence-corrected chi connectivity index (χ3v) is 4.90. The summed E-state index contributed by atoms with van der Waals surface area (Å²) >= 11 is 0. The number of nitrogens with one attached hydrogen (secondary N) is 1. The Morgan fingerprint density at radius 2 is 1.50 bits per heavy atom. The number of rotatable bonds is 1. The van der Waals surface area contributed by atoms with E-state index in [1.165, 1.54) is 16.7 Å². The second-order valence-corrected chi connectivity index (χ2v) is 5.79. The van der Waals surface area contributed by atoms with Crippen molar-refractivity contribution in [3.05, 3.63) is 53.6 Å². The first-order valence-electron chi connectivity index (χ1n) is 6.97. The van der Waals surface area contributed by atoms with Gasteiger partial charge in [-0.3, -0.25) is 14.9 Å². The van der Waals surface area contributed by atoms with Crippen molar-refractivity contribution in [2.45, 2.75) is 6.92 Å². The Balaban J connectivity index is 1.84. The fourth-order valence-electron chi connectivity index (χ4n) is 4.04. The van der Waals surface area contributed by atoms with Crippen LogP contribution in [0.4, 0.5) is 0 Å². The van der Waals surface area contributed by atoms with Crippen molar-refractivity contribution >= 4 is 17.4 Å². The average Bonchev–Trinajstić information content (AvgIpc) is 3.10. The number of carbonyl (C=O) groups is 2. The minimum absolute atomic E-state index is 0.0941. The lowest BCUT2D eigenvalue weighted by Gasteiger charge is -2.14. The molecule has 0 radical (unpaired) electrons. The zero-order valence-corrected chi connectivity index (χ0v) is 11.2. The minimum Gasteiger partial charge on any atom is -0.296 e. The molecule has 1 N–H and O–H groups in total. The lowest BCUT2D eigenvalue weighted by atomic mass is 9.85. The highest BCUT2D eigenvalue weighted by atomic mass is 16.2. The summed E-state index contributed by atoms with van der Waals surface area (Å²) in [4.78, 5) is 23.9. The van der Waals surface area contributed by atoms with Crippen molar-refractivity contribution < 1.29 is 9.59 Å². The van der Waals surface area contributed by atoms with Crippen LogP contribution >= 0.6 is 0 Å². The van der Waals surface area contributed by atoms with E-state index in [0.29, 0.717) is 0 Å². The average molecular weight is 265 g/mol. The Morgan fingerprint density at radius 3 is 2.05 bits per heavy atom. The first-order valence-corrected chi connectivity index (χ1v) is 6.97. The summed E-state index contributed by atoms with van der Waals surface area (Å²) in [5.41, 5.74) is 3.64. The Kier molecular flexibility index (Phi) is 2.28. The van der Waals surface area contributed by atoms with E-state index in [1.54, 1.807) is 0 Å². The molecular formula is C17H15NO2. The Bertz CT molecular complexity index is 639. The van der Waals surface area contributed by atoms with E-state index in [9.17, 15) is 9.59 Å². The van der Waals surface area contributed by atoms with E-state index in [4.69, 9.17) is 0 Å². The van der Waals surface area contributed by atoms with Crippen LogP contribution in [-0.2, 0) is 9.59 Å². The molecule has 2 fully saturated rings. The maximum absolute atomic E-state index is 12.0.